The quantitative estimate of drug-likeness (QED) is 0.785. The minimum Gasteiger partial charge on any atom is -0.384 e. The Morgan fingerprint density at radius 1 is 1.29 bits per heavy atom. The molecule has 0 saturated heterocycles. The van der Waals surface area contributed by atoms with Crippen LogP contribution in [0.1, 0.15) is 25.7 Å². The fourth-order valence-electron chi connectivity index (χ4n) is 2.33. The molecule has 2 nitrogen and oxygen atoms in total. The van der Waals surface area contributed by atoms with Crippen molar-refractivity contribution >= 4 is 5.69 Å². The lowest BCUT2D eigenvalue weighted by atomic mass is 10.0. The van der Waals surface area contributed by atoms with E-state index in [-0.39, 0.29) is 0 Å². The van der Waals surface area contributed by atoms with E-state index in [1.54, 1.807) is 0 Å². The summed E-state index contributed by atoms with van der Waals surface area (Å²) >= 11 is 0. The lowest BCUT2D eigenvalue weighted by molar-refractivity contribution is 0.467. The van der Waals surface area contributed by atoms with E-state index in [1.165, 1.54) is 37.9 Å². The third kappa shape index (κ3) is 1.49. The van der Waals surface area contributed by atoms with Gasteiger partial charge in [0, 0.05) is 24.6 Å². The lowest BCUT2D eigenvalue weighted by Crippen LogP contribution is -2.17. The van der Waals surface area contributed by atoms with Crippen LogP contribution in [0.5, 0.6) is 0 Å². The van der Waals surface area contributed by atoms with Crippen molar-refractivity contribution in [2.75, 3.05) is 11.9 Å². The van der Waals surface area contributed by atoms with Crippen LogP contribution in [-0.4, -0.2) is 11.5 Å². The van der Waals surface area contributed by atoms with E-state index in [4.69, 9.17) is 0 Å². The van der Waals surface area contributed by atoms with E-state index in [9.17, 15) is 0 Å². The van der Waals surface area contributed by atoms with E-state index < -0.39 is 0 Å². The highest BCUT2D eigenvalue weighted by atomic mass is 14.9. The van der Waals surface area contributed by atoms with Crippen LogP contribution in [0.25, 0.3) is 0 Å². The first-order valence-corrected chi connectivity index (χ1v) is 5.53. The smallest absolute Gasteiger partial charge is 0.0371 e. The molecule has 2 aliphatic carbocycles. The highest BCUT2D eigenvalue weighted by Crippen LogP contribution is 2.61. The molecule has 0 atom stereocenters. The first kappa shape index (κ1) is 8.27. The van der Waals surface area contributed by atoms with Crippen LogP contribution in [0.2, 0.25) is 0 Å². The zero-order valence-corrected chi connectivity index (χ0v) is 8.37. The number of rotatable bonds is 4. The summed E-state index contributed by atoms with van der Waals surface area (Å²) in [6.07, 6.45) is 9.51. The topological polar surface area (TPSA) is 24.9 Å². The van der Waals surface area contributed by atoms with E-state index in [0.717, 1.165) is 5.92 Å². The number of hydrogen-bond acceptors (Lipinski definition) is 2. The van der Waals surface area contributed by atoms with Crippen molar-refractivity contribution in [1.29, 1.82) is 0 Å². The van der Waals surface area contributed by atoms with E-state index >= 15 is 0 Å². The Kier molecular flexibility index (Phi) is 1.76. The van der Waals surface area contributed by atoms with Crippen molar-refractivity contribution in [2.45, 2.75) is 25.7 Å². The summed E-state index contributed by atoms with van der Waals surface area (Å²) in [6.45, 7) is 1.17. The van der Waals surface area contributed by atoms with Gasteiger partial charge in [0.15, 0.2) is 0 Å². The first-order valence-electron chi connectivity index (χ1n) is 5.53. The van der Waals surface area contributed by atoms with Crippen molar-refractivity contribution in [3.8, 4) is 0 Å². The van der Waals surface area contributed by atoms with E-state index in [1.807, 2.05) is 24.5 Å². The zero-order chi connectivity index (χ0) is 9.43. The van der Waals surface area contributed by atoms with Crippen molar-refractivity contribution in [3.63, 3.8) is 0 Å². The maximum absolute atomic E-state index is 4.01. The zero-order valence-electron chi connectivity index (χ0n) is 8.37. The van der Waals surface area contributed by atoms with Gasteiger partial charge in [-0.3, -0.25) is 4.98 Å². The summed E-state index contributed by atoms with van der Waals surface area (Å²) in [5.41, 5.74) is 1.90. The van der Waals surface area contributed by atoms with Gasteiger partial charge < -0.3 is 5.32 Å². The van der Waals surface area contributed by atoms with Gasteiger partial charge in [0.25, 0.3) is 0 Å². The summed E-state index contributed by atoms with van der Waals surface area (Å²) in [6, 6.07) is 4.09. The fraction of sp³-hybridized carbons (Fsp3) is 0.583. The molecule has 0 radical (unpaired) electrons. The van der Waals surface area contributed by atoms with Gasteiger partial charge in [0.1, 0.15) is 0 Å². The number of nitrogens with zero attached hydrogens (tertiary/aromatic N) is 1. The molecule has 2 saturated carbocycles. The normalized spacial score (nSPS) is 23.1. The lowest BCUT2D eigenvalue weighted by Gasteiger charge is -2.15. The number of nitrogens with one attached hydrogen (secondary N) is 1. The third-order valence-corrected chi connectivity index (χ3v) is 3.66. The summed E-state index contributed by atoms with van der Waals surface area (Å²) in [5, 5.41) is 3.53. The van der Waals surface area contributed by atoms with Crippen LogP contribution in [-0.2, 0) is 0 Å². The minimum absolute atomic E-state index is 0.684. The molecule has 1 heterocycles. The Bertz CT molecular complexity index is 312. The summed E-state index contributed by atoms with van der Waals surface area (Å²) < 4.78 is 0. The van der Waals surface area contributed by atoms with Crippen LogP contribution in [0, 0.1) is 11.3 Å². The predicted molar refractivity (Wildman–Crippen MR) is 57.1 cm³/mol. The fourth-order valence-corrected chi connectivity index (χ4v) is 2.33. The Labute approximate surface area is 84.7 Å². The molecule has 74 valence electrons. The standard InChI is InChI=1S/C12H16N2/c1-2-10(1)12(5-6-12)9-14-11-3-7-13-8-4-11/h3-4,7-8,10H,1-2,5-6,9H2,(H,13,14). The maximum atomic E-state index is 4.01. The van der Waals surface area contributed by atoms with Crippen molar-refractivity contribution in [3.05, 3.63) is 24.5 Å². The molecule has 0 unspecified atom stereocenters. The molecular weight excluding hydrogens is 172 g/mol. The highest BCUT2D eigenvalue weighted by Gasteiger charge is 2.53. The Morgan fingerprint density at radius 2 is 2.00 bits per heavy atom. The molecule has 1 N–H and O–H groups in total. The van der Waals surface area contributed by atoms with Gasteiger partial charge in [-0.1, -0.05) is 0 Å². The molecule has 14 heavy (non-hydrogen) atoms. The summed E-state index contributed by atoms with van der Waals surface area (Å²) in [7, 11) is 0. The molecule has 1 aromatic heterocycles. The average Bonchev–Trinajstić information content (AvgIpc) is 3.08. The monoisotopic (exact) mass is 188 g/mol. The minimum atomic E-state index is 0.684. The van der Waals surface area contributed by atoms with Crippen LogP contribution < -0.4 is 5.32 Å². The molecule has 0 aromatic carbocycles. The van der Waals surface area contributed by atoms with Crippen LogP contribution in [0.4, 0.5) is 5.69 Å². The van der Waals surface area contributed by atoms with Crippen molar-refractivity contribution < 1.29 is 0 Å². The molecule has 1 aromatic rings. The van der Waals surface area contributed by atoms with Gasteiger partial charge in [-0.2, -0.15) is 0 Å². The maximum Gasteiger partial charge on any atom is 0.0371 e. The first-order chi connectivity index (χ1) is 6.89. The van der Waals surface area contributed by atoms with Gasteiger partial charge in [-0.05, 0) is 49.1 Å². The SMILES string of the molecule is c1cc(NCC2(C3CC3)CC2)ccn1. The third-order valence-electron chi connectivity index (χ3n) is 3.66. The van der Waals surface area contributed by atoms with E-state index in [0.29, 0.717) is 5.41 Å². The second-order valence-electron chi connectivity index (χ2n) is 4.73. The van der Waals surface area contributed by atoms with Crippen LogP contribution in [0.15, 0.2) is 24.5 Å². The van der Waals surface area contributed by atoms with Crippen LogP contribution >= 0.6 is 0 Å². The Balaban J connectivity index is 1.59. The van der Waals surface area contributed by atoms with Crippen molar-refractivity contribution in [2.24, 2.45) is 11.3 Å². The molecule has 0 aliphatic heterocycles. The molecule has 0 amide bonds. The molecular formula is C12H16N2. The second-order valence-corrected chi connectivity index (χ2v) is 4.73. The van der Waals surface area contributed by atoms with E-state index in [2.05, 4.69) is 10.3 Å². The van der Waals surface area contributed by atoms with Crippen molar-refractivity contribution in [1.82, 2.24) is 4.98 Å². The Morgan fingerprint density at radius 3 is 2.57 bits per heavy atom. The molecule has 0 bridgehead atoms. The van der Waals surface area contributed by atoms with Gasteiger partial charge >= 0.3 is 0 Å². The van der Waals surface area contributed by atoms with Crippen LogP contribution in [0.3, 0.4) is 0 Å². The summed E-state index contributed by atoms with van der Waals surface area (Å²) in [5.74, 6) is 1.04. The number of aromatic nitrogens is 1. The van der Waals surface area contributed by atoms with Gasteiger partial charge in [-0.25, -0.2) is 0 Å². The molecule has 0 spiro atoms. The van der Waals surface area contributed by atoms with Gasteiger partial charge in [0.2, 0.25) is 0 Å². The molecule has 3 rings (SSSR count). The number of hydrogen-bond donors (Lipinski definition) is 1. The highest BCUT2D eigenvalue weighted by molar-refractivity contribution is 5.41. The van der Waals surface area contributed by atoms with Gasteiger partial charge in [0.05, 0.1) is 0 Å². The Hall–Kier alpha value is -1.05. The number of anilines is 1. The number of pyridine rings is 1. The molecule has 2 fully saturated rings. The largest absolute Gasteiger partial charge is 0.384 e. The predicted octanol–water partition coefficient (Wildman–Crippen LogP) is 2.68. The molecule has 2 aliphatic rings. The summed E-state index contributed by atoms with van der Waals surface area (Å²) in [4.78, 5) is 4.01. The molecule has 2 heteroatoms. The second kappa shape index (κ2) is 2.97. The van der Waals surface area contributed by atoms with Gasteiger partial charge in [-0.15, -0.1) is 0 Å². The average molecular weight is 188 g/mol.